The third-order valence-corrected chi connectivity index (χ3v) is 5.90. The average Bonchev–Trinajstić information content (AvgIpc) is 3.20. The quantitative estimate of drug-likeness (QED) is 0.619. The van der Waals surface area contributed by atoms with Crippen molar-refractivity contribution in [3.63, 3.8) is 0 Å². The molecular formula is C23H22N2O4S. The molecule has 2 heterocycles. The first-order valence-corrected chi connectivity index (χ1v) is 10.7. The Morgan fingerprint density at radius 1 is 1.27 bits per heavy atom. The van der Waals surface area contributed by atoms with E-state index in [2.05, 4.69) is 6.92 Å². The Kier molecular flexibility index (Phi) is 5.55. The van der Waals surface area contributed by atoms with Gasteiger partial charge >= 0.3 is 5.97 Å². The van der Waals surface area contributed by atoms with Crippen LogP contribution in [0, 0.1) is 0 Å². The van der Waals surface area contributed by atoms with Gasteiger partial charge in [0, 0.05) is 10.9 Å². The molecule has 4 rings (SSSR count). The number of hydrogen-bond donors (Lipinski definition) is 1. The summed E-state index contributed by atoms with van der Waals surface area (Å²) in [5, 5.41) is 12.4. The van der Waals surface area contributed by atoms with Gasteiger partial charge in [-0.3, -0.25) is 4.79 Å². The molecule has 30 heavy (non-hydrogen) atoms. The Morgan fingerprint density at radius 2 is 2.10 bits per heavy atom. The highest BCUT2D eigenvalue weighted by molar-refractivity contribution is 7.09. The molecule has 0 saturated heterocycles. The number of benzene rings is 2. The number of thiazole rings is 1. The van der Waals surface area contributed by atoms with E-state index in [0.717, 1.165) is 34.7 Å². The standard InChI is InChI=1S/C23H22N2O4S/c1-3-5-21-24-18(13-30-21)16-8-9-20-19(11-16)25(22(26)14(2)29-20)12-15-6-4-7-17(10-15)23(27)28/h4,6-11,13-14H,3,5,12H2,1-2H3,(H,27,28). The topological polar surface area (TPSA) is 79.7 Å². The third-order valence-electron chi connectivity index (χ3n) is 4.99. The van der Waals surface area contributed by atoms with E-state index < -0.39 is 12.1 Å². The molecule has 1 unspecified atom stereocenters. The van der Waals surface area contributed by atoms with E-state index in [9.17, 15) is 14.7 Å². The summed E-state index contributed by atoms with van der Waals surface area (Å²) in [4.78, 5) is 30.6. The molecule has 1 amide bonds. The van der Waals surface area contributed by atoms with E-state index >= 15 is 0 Å². The molecule has 1 N–H and O–H groups in total. The molecule has 7 heteroatoms. The van der Waals surface area contributed by atoms with Gasteiger partial charge in [0.25, 0.3) is 5.91 Å². The zero-order chi connectivity index (χ0) is 21.3. The van der Waals surface area contributed by atoms with Crippen molar-refractivity contribution in [1.29, 1.82) is 0 Å². The van der Waals surface area contributed by atoms with Crippen LogP contribution in [0.5, 0.6) is 5.75 Å². The molecule has 0 spiro atoms. The average molecular weight is 423 g/mol. The van der Waals surface area contributed by atoms with Gasteiger partial charge in [-0.25, -0.2) is 9.78 Å². The number of aromatic carboxylic acids is 1. The van der Waals surface area contributed by atoms with Crippen molar-refractivity contribution >= 4 is 28.9 Å². The first-order chi connectivity index (χ1) is 14.5. The molecule has 6 nitrogen and oxygen atoms in total. The molecule has 1 aromatic heterocycles. The van der Waals surface area contributed by atoms with Crippen molar-refractivity contribution in [2.45, 2.75) is 39.3 Å². The number of hydrogen-bond acceptors (Lipinski definition) is 5. The Morgan fingerprint density at radius 3 is 2.87 bits per heavy atom. The number of aromatic nitrogens is 1. The van der Waals surface area contributed by atoms with Crippen molar-refractivity contribution in [3.05, 3.63) is 64.0 Å². The van der Waals surface area contributed by atoms with Crippen LogP contribution in [0.15, 0.2) is 47.8 Å². The molecule has 154 valence electrons. The Hall–Kier alpha value is -3.19. The number of ether oxygens (including phenoxy) is 1. The molecule has 2 aromatic carbocycles. The molecule has 0 saturated carbocycles. The number of anilines is 1. The van der Waals surface area contributed by atoms with Crippen LogP contribution in [0.2, 0.25) is 0 Å². The zero-order valence-electron chi connectivity index (χ0n) is 16.8. The molecular weight excluding hydrogens is 400 g/mol. The molecule has 0 aliphatic carbocycles. The summed E-state index contributed by atoms with van der Waals surface area (Å²) in [7, 11) is 0. The first-order valence-electron chi connectivity index (χ1n) is 9.85. The Labute approximate surface area is 178 Å². The predicted octanol–water partition coefficient (Wildman–Crippen LogP) is 4.77. The van der Waals surface area contributed by atoms with Gasteiger partial charge in [-0.2, -0.15) is 0 Å². The summed E-state index contributed by atoms with van der Waals surface area (Å²) in [6, 6.07) is 12.4. The highest BCUT2D eigenvalue weighted by atomic mass is 32.1. The van der Waals surface area contributed by atoms with E-state index in [4.69, 9.17) is 9.72 Å². The number of rotatable bonds is 6. The normalized spacial score (nSPS) is 15.6. The number of carboxylic acid groups (broad SMARTS) is 1. The van der Waals surface area contributed by atoms with Crippen LogP contribution in [-0.4, -0.2) is 28.1 Å². The van der Waals surface area contributed by atoms with E-state index in [-0.39, 0.29) is 18.0 Å². The van der Waals surface area contributed by atoms with Crippen molar-refractivity contribution < 1.29 is 19.4 Å². The molecule has 0 bridgehead atoms. The Bertz CT molecular complexity index is 1110. The minimum absolute atomic E-state index is 0.162. The number of fused-ring (bicyclic) bond motifs is 1. The zero-order valence-corrected chi connectivity index (χ0v) is 17.6. The third kappa shape index (κ3) is 3.93. The van der Waals surface area contributed by atoms with Crippen LogP contribution >= 0.6 is 11.3 Å². The van der Waals surface area contributed by atoms with Gasteiger partial charge in [-0.1, -0.05) is 19.1 Å². The number of carbonyl (C=O) groups is 2. The predicted molar refractivity (Wildman–Crippen MR) is 116 cm³/mol. The molecule has 1 aliphatic heterocycles. The smallest absolute Gasteiger partial charge is 0.335 e. The minimum atomic E-state index is -0.993. The molecule has 0 fully saturated rings. The second-order valence-corrected chi connectivity index (χ2v) is 8.19. The SMILES string of the molecule is CCCc1nc(-c2ccc3c(c2)N(Cc2cccc(C(=O)O)c2)C(=O)C(C)O3)cs1. The van der Waals surface area contributed by atoms with E-state index in [1.54, 1.807) is 35.3 Å². The maximum Gasteiger partial charge on any atom is 0.335 e. The lowest BCUT2D eigenvalue weighted by Crippen LogP contribution is -2.44. The minimum Gasteiger partial charge on any atom is -0.479 e. The first kappa shape index (κ1) is 20.1. The van der Waals surface area contributed by atoms with Crippen LogP contribution in [-0.2, 0) is 17.8 Å². The highest BCUT2D eigenvalue weighted by Gasteiger charge is 2.32. The summed E-state index contributed by atoms with van der Waals surface area (Å²) in [5.74, 6) is -0.526. The lowest BCUT2D eigenvalue weighted by Gasteiger charge is -2.33. The van der Waals surface area contributed by atoms with Gasteiger partial charge < -0.3 is 14.7 Å². The summed E-state index contributed by atoms with van der Waals surface area (Å²) in [6.07, 6.45) is 1.38. The van der Waals surface area contributed by atoms with Crippen molar-refractivity contribution in [2.24, 2.45) is 0 Å². The van der Waals surface area contributed by atoms with E-state index in [1.165, 1.54) is 6.07 Å². The van der Waals surface area contributed by atoms with Gasteiger partial charge in [0.05, 0.1) is 28.5 Å². The fraction of sp³-hybridized carbons (Fsp3) is 0.261. The number of carbonyl (C=O) groups excluding carboxylic acids is 1. The fourth-order valence-electron chi connectivity index (χ4n) is 3.49. The number of amides is 1. The van der Waals surface area contributed by atoms with Crippen LogP contribution in [0.4, 0.5) is 5.69 Å². The largest absolute Gasteiger partial charge is 0.479 e. The molecule has 1 atom stereocenters. The van der Waals surface area contributed by atoms with E-state index in [0.29, 0.717) is 11.4 Å². The monoisotopic (exact) mass is 422 g/mol. The lowest BCUT2D eigenvalue weighted by molar-refractivity contribution is -0.125. The van der Waals surface area contributed by atoms with Crippen molar-refractivity contribution in [2.75, 3.05) is 4.90 Å². The summed E-state index contributed by atoms with van der Waals surface area (Å²) >= 11 is 1.64. The second-order valence-electron chi connectivity index (χ2n) is 7.25. The highest BCUT2D eigenvalue weighted by Crippen LogP contribution is 2.38. The van der Waals surface area contributed by atoms with Gasteiger partial charge in [-0.15, -0.1) is 11.3 Å². The summed E-state index contributed by atoms with van der Waals surface area (Å²) in [6.45, 7) is 4.11. The van der Waals surface area contributed by atoms with Crippen LogP contribution in [0.1, 0.15) is 41.2 Å². The number of nitrogens with zero attached hydrogens (tertiary/aromatic N) is 2. The van der Waals surface area contributed by atoms with Gasteiger partial charge in [0.15, 0.2) is 6.10 Å². The van der Waals surface area contributed by atoms with Gasteiger partial charge in [-0.05, 0) is 55.7 Å². The summed E-state index contributed by atoms with van der Waals surface area (Å²) < 4.78 is 5.81. The molecule has 0 radical (unpaired) electrons. The molecule has 1 aliphatic rings. The fourth-order valence-corrected chi connectivity index (χ4v) is 4.40. The number of aryl methyl sites for hydroxylation is 1. The Balaban J connectivity index is 1.70. The molecule has 3 aromatic rings. The van der Waals surface area contributed by atoms with Crippen LogP contribution in [0.25, 0.3) is 11.3 Å². The maximum atomic E-state index is 12.9. The second kappa shape index (κ2) is 8.28. The lowest BCUT2D eigenvalue weighted by atomic mass is 10.1. The van der Waals surface area contributed by atoms with Crippen LogP contribution in [0.3, 0.4) is 0 Å². The van der Waals surface area contributed by atoms with Gasteiger partial charge in [0.2, 0.25) is 0 Å². The van der Waals surface area contributed by atoms with Crippen molar-refractivity contribution in [1.82, 2.24) is 4.98 Å². The maximum absolute atomic E-state index is 12.9. The van der Waals surface area contributed by atoms with Crippen molar-refractivity contribution in [3.8, 4) is 17.0 Å². The summed E-state index contributed by atoms with van der Waals surface area (Å²) in [5.41, 5.74) is 3.41. The number of carboxylic acids is 1. The van der Waals surface area contributed by atoms with Crippen LogP contribution < -0.4 is 9.64 Å². The van der Waals surface area contributed by atoms with E-state index in [1.807, 2.05) is 29.6 Å². The van der Waals surface area contributed by atoms with Gasteiger partial charge in [0.1, 0.15) is 5.75 Å².